The highest BCUT2D eigenvalue weighted by atomic mass is 32.2. The maximum atomic E-state index is 13.6. The van der Waals surface area contributed by atoms with Gasteiger partial charge in [-0.05, 0) is 42.3 Å². The smallest absolute Gasteiger partial charge is 0.408 e. The van der Waals surface area contributed by atoms with Crippen LogP contribution in [0.25, 0.3) is 11.1 Å². The second-order valence-electron chi connectivity index (χ2n) is 6.89. The van der Waals surface area contributed by atoms with Crippen molar-refractivity contribution in [3.8, 4) is 0 Å². The number of aryl methyl sites for hydroxylation is 2. The predicted molar refractivity (Wildman–Crippen MR) is 112 cm³/mol. The Labute approximate surface area is 168 Å². The Bertz CT molecular complexity index is 1340. The van der Waals surface area contributed by atoms with Gasteiger partial charge in [-0.25, -0.2) is 13.2 Å². The van der Waals surface area contributed by atoms with E-state index in [4.69, 9.17) is 4.42 Å². The highest BCUT2D eigenvalue weighted by Gasteiger charge is 2.26. The van der Waals surface area contributed by atoms with Crippen LogP contribution in [0.1, 0.15) is 11.1 Å². The molecule has 0 unspecified atom stereocenters. The predicted octanol–water partition coefficient (Wildman–Crippen LogP) is 3.84. The number of benzene rings is 3. The van der Waals surface area contributed by atoms with Gasteiger partial charge in [-0.1, -0.05) is 42.5 Å². The summed E-state index contributed by atoms with van der Waals surface area (Å²) in [4.78, 5) is 11.8. The number of hydrogen-bond donors (Lipinski definition) is 0. The minimum absolute atomic E-state index is 0.0665. The van der Waals surface area contributed by atoms with Gasteiger partial charge in [0.1, 0.15) is 0 Å². The average Bonchev–Trinajstić information content (AvgIpc) is 3.00. The van der Waals surface area contributed by atoms with E-state index < -0.39 is 15.8 Å². The molecule has 0 aliphatic rings. The van der Waals surface area contributed by atoms with Crippen LogP contribution in [0.5, 0.6) is 0 Å². The first-order valence-corrected chi connectivity index (χ1v) is 10.5. The molecule has 0 aliphatic carbocycles. The Morgan fingerprint density at radius 2 is 1.72 bits per heavy atom. The van der Waals surface area contributed by atoms with Crippen molar-refractivity contribution in [3.63, 3.8) is 0 Å². The molecule has 6 nitrogen and oxygen atoms in total. The van der Waals surface area contributed by atoms with Crippen molar-refractivity contribution < 1.29 is 12.8 Å². The molecule has 0 aliphatic heterocycles. The van der Waals surface area contributed by atoms with E-state index in [0.29, 0.717) is 11.2 Å². The molecule has 0 saturated heterocycles. The molecule has 0 saturated carbocycles. The second kappa shape index (κ2) is 7.25. The molecule has 4 rings (SSSR count). The number of anilines is 1. The summed E-state index contributed by atoms with van der Waals surface area (Å²) >= 11 is 0. The topological polar surface area (TPSA) is 72.5 Å². The first kappa shape index (κ1) is 19.0. The van der Waals surface area contributed by atoms with Gasteiger partial charge < -0.3 is 4.42 Å². The fourth-order valence-corrected chi connectivity index (χ4v) is 4.71. The summed E-state index contributed by atoms with van der Waals surface area (Å²) in [6.07, 6.45) is 0. The molecule has 0 fully saturated rings. The van der Waals surface area contributed by atoms with E-state index in [1.165, 1.54) is 21.0 Å². The first-order valence-electron chi connectivity index (χ1n) is 9.09. The summed E-state index contributed by atoms with van der Waals surface area (Å²) in [5.74, 6) is -0.533. The number of nitrogens with zero attached hydrogens (tertiary/aromatic N) is 2. The van der Waals surface area contributed by atoms with E-state index in [1.807, 2.05) is 55.5 Å². The normalized spacial score (nSPS) is 11.7. The molecule has 0 N–H and O–H groups in total. The number of fused-ring (bicyclic) bond motifs is 1. The van der Waals surface area contributed by atoms with E-state index in [2.05, 4.69) is 0 Å². The Kier molecular flexibility index (Phi) is 4.76. The van der Waals surface area contributed by atoms with E-state index in [9.17, 15) is 13.2 Å². The van der Waals surface area contributed by atoms with Crippen molar-refractivity contribution in [3.05, 3.63) is 94.5 Å². The summed E-state index contributed by atoms with van der Waals surface area (Å²) in [5, 5.41) is 0. The molecule has 7 heteroatoms. The summed E-state index contributed by atoms with van der Waals surface area (Å²) in [5.41, 5.74) is 3.18. The van der Waals surface area contributed by atoms with Gasteiger partial charge in [-0.2, -0.15) is 0 Å². The molecule has 0 atom stereocenters. The van der Waals surface area contributed by atoms with Crippen molar-refractivity contribution in [2.75, 3.05) is 4.31 Å². The zero-order valence-corrected chi connectivity index (χ0v) is 16.9. The van der Waals surface area contributed by atoms with Crippen molar-refractivity contribution in [1.29, 1.82) is 0 Å². The molecule has 148 valence electrons. The summed E-state index contributed by atoms with van der Waals surface area (Å²) in [6, 6.07) is 21.3. The second-order valence-corrected chi connectivity index (χ2v) is 8.76. The first-order chi connectivity index (χ1) is 13.9. The van der Waals surface area contributed by atoms with Crippen LogP contribution in [-0.2, 0) is 23.6 Å². The molecule has 4 aromatic rings. The SMILES string of the molecule is Cc1cccc(N(Cc2ccccc2)S(=O)(=O)c2ccc3c(c2)oc(=O)n3C)c1. The van der Waals surface area contributed by atoms with Crippen LogP contribution >= 0.6 is 0 Å². The Hall–Kier alpha value is -3.32. The number of aromatic nitrogens is 1. The summed E-state index contributed by atoms with van der Waals surface area (Å²) < 4.78 is 35.1. The number of hydrogen-bond acceptors (Lipinski definition) is 4. The Balaban J connectivity index is 1.85. The quantitative estimate of drug-likeness (QED) is 0.503. The monoisotopic (exact) mass is 408 g/mol. The van der Waals surface area contributed by atoms with Gasteiger partial charge in [-0.15, -0.1) is 0 Å². The van der Waals surface area contributed by atoms with E-state index in [-0.39, 0.29) is 17.0 Å². The summed E-state index contributed by atoms with van der Waals surface area (Å²) in [6.45, 7) is 2.10. The van der Waals surface area contributed by atoms with Crippen molar-refractivity contribution >= 4 is 26.8 Å². The molecular formula is C22H20N2O4S. The lowest BCUT2D eigenvalue weighted by atomic mass is 10.2. The zero-order chi connectivity index (χ0) is 20.6. The van der Waals surface area contributed by atoms with Crippen LogP contribution in [0.4, 0.5) is 5.69 Å². The molecule has 0 spiro atoms. The van der Waals surface area contributed by atoms with Crippen molar-refractivity contribution in [2.45, 2.75) is 18.4 Å². The standard InChI is InChI=1S/C22H20N2O4S/c1-16-7-6-10-18(13-16)24(15-17-8-4-3-5-9-17)29(26,27)19-11-12-20-21(14-19)28-22(25)23(20)2/h3-14H,15H2,1-2H3. The van der Waals surface area contributed by atoms with Gasteiger partial charge >= 0.3 is 5.76 Å². The lowest BCUT2D eigenvalue weighted by Gasteiger charge is -2.25. The molecule has 1 aromatic heterocycles. The highest BCUT2D eigenvalue weighted by Crippen LogP contribution is 2.28. The van der Waals surface area contributed by atoms with Crippen molar-refractivity contribution in [1.82, 2.24) is 4.57 Å². The van der Waals surface area contributed by atoms with Crippen LogP contribution in [0.15, 0.2) is 86.9 Å². The number of rotatable bonds is 5. The van der Waals surface area contributed by atoms with Crippen molar-refractivity contribution in [2.24, 2.45) is 7.05 Å². The molecule has 0 bridgehead atoms. The third kappa shape index (κ3) is 3.56. The minimum atomic E-state index is -3.90. The van der Waals surface area contributed by atoms with E-state index in [1.54, 1.807) is 19.2 Å². The van der Waals surface area contributed by atoms with E-state index >= 15 is 0 Å². The van der Waals surface area contributed by atoms with Gasteiger partial charge in [0.2, 0.25) is 0 Å². The van der Waals surface area contributed by atoms with Crippen LogP contribution in [0.3, 0.4) is 0 Å². The molecule has 0 amide bonds. The zero-order valence-electron chi connectivity index (χ0n) is 16.1. The lowest BCUT2D eigenvalue weighted by molar-refractivity contribution is 0.527. The van der Waals surface area contributed by atoms with Gasteiger partial charge in [0.05, 0.1) is 22.6 Å². The minimum Gasteiger partial charge on any atom is -0.408 e. The number of oxazole rings is 1. The average molecular weight is 408 g/mol. The van der Waals surface area contributed by atoms with E-state index in [0.717, 1.165) is 11.1 Å². The third-order valence-corrected chi connectivity index (χ3v) is 6.58. The largest absolute Gasteiger partial charge is 0.419 e. The summed E-state index contributed by atoms with van der Waals surface area (Å²) in [7, 11) is -2.32. The molecular weight excluding hydrogens is 388 g/mol. The molecule has 3 aromatic carbocycles. The molecule has 1 heterocycles. The third-order valence-electron chi connectivity index (χ3n) is 4.81. The van der Waals surface area contributed by atoms with Gasteiger partial charge in [0.15, 0.2) is 5.58 Å². The molecule has 0 radical (unpaired) electrons. The van der Waals surface area contributed by atoms with Gasteiger partial charge in [0.25, 0.3) is 10.0 Å². The fraction of sp³-hybridized carbons (Fsp3) is 0.136. The van der Waals surface area contributed by atoms with Gasteiger partial charge in [-0.3, -0.25) is 8.87 Å². The highest BCUT2D eigenvalue weighted by molar-refractivity contribution is 7.92. The lowest BCUT2D eigenvalue weighted by Crippen LogP contribution is -2.30. The Morgan fingerprint density at radius 1 is 0.966 bits per heavy atom. The number of sulfonamides is 1. The Morgan fingerprint density at radius 3 is 2.45 bits per heavy atom. The fourth-order valence-electron chi connectivity index (χ4n) is 3.25. The van der Waals surface area contributed by atoms with Gasteiger partial charge in [0, 0.05) is 13.1 Å². The van der Waals surface area contributed by atoms with Crippen LogP contribution in [-0.4, -0.2) is 13.0 Å². The molecule has 29 heavy (non-hydrogen) atoms. The van der Waals surface area contributed by atoms with Crippen LogP contribution in [0.2, 0.25) is 0 Å². The maximum Gasteiger partial charge on any atom is 0.419 e. The van der Waals surface area contributed by atoms with Crippen LogP contribution < -0.4 is 10.1 Å². The maximum absolute atomic E-state index is 13.6. The van der Waals surface area contributed by atoms with Crippen LogP contribution in [0, 0.1) is 6.92 Å².